The van der Waals surface area contributed by atoms with Gasteiger partial charge in [0.2, 0.25) is 0 Å². The largest absolute Gasteiger partial charge is 0.412 e. The Balaban J connectivity index is 0.00000200. The Labute approximate surface area is 117 Å². The second-order valence-corrected chi connectivity index (χ2v) is 6.25. The maximum absolute atomic E-state index is 11.9. The number of hydroxylamine groups is 2. The van der Waals surface area contributed by atoms with Crippen LogP contribution in [0.3, 0.4) is 0 Å². The van der Waals surface area contributed by atoms with Gasteiger partial charge in [0, 0.05) is 0 Å². The van der Waals surface area contributed by atoms with E-state index in [0.717, 1.165) is 12.8 Å². The molecule has 0 spiro atoms. The molecule has 2 rings (SSSR count). The molecule has 0 heterocycles. The van der Waals surface area contributed by atoms with Crippen molar-refractivity contribution in [1.29, 1.82) is 0 Å². The van der Waals surface area contributed by atoms with Gasteiger partial charge in [-0.3, -0.25) is 0 Å². The van der Waals surface area contributed by atoms with Crippen molar-refractivity contribution in [1.82, 2.24) is 11.0 Å². The molecular formula is C10H22N2O7S. The first-order valence-electron chi connectivity index (χ1n) is 6.46. The van der Waals surface area contributed by atoms with E-state index in [1.165, 1.54) is 0 Å². The summed E-state index contributed by atoms with van der Waals surface area (Å²) in [6, 6.07) is -0.723. The number of nitrogens with one attached hydrogen (secondary N) is 2. The van der Waals surface area contributed by atoms with Crippen LogP contribution in [0.2, 0.25) is 0 Å². The van der Waals surface area contributed by atoms with Crippen LogP contribution in [-0.4, -0.2) is 42.2 Å². The molecule has 0 aromatic rings. The molecule has 0 aliphatic heterocycles. The molecule has 0 aromatic carbocycles. The molecule has 0 aromatic heterocycles. The highest BCUT2D eigenvalue weighted by atomic mass is 32.3. The lowest BCUT2D eigenvalue weighted by Gasteiger charge is -2.31. The minimum Gasteiger partial charge on any atom is -0.412 e. The van der Waals surface area contributed by atoms with Gasteiger partial charge < -0.3 is 15.9 Å². The fraction of sp³-hybridized carbons (Fsp3) is 1.00. The van der Waals surface area contributed by atoms with E-state index < -0.39 is 22.2 Å². The summed E-state index contributed by atoms with van der Waals surface area (Å²) in [5, 5.41) is 18.2. The van der Waals surface area contributed by atoms with Gasteiger partial charge in [-0.05, 0) is 32.1 Å². The van der Waals surface area contributed by atoms with Gasteiger partial charge in [-0.2, -0.15) is 19.4 Å². The lowest BCUT2D eigenvalue weighted by atomic mass is 10.1. The second kappa shape index (κ2) is 7.09. The predicted molar refractivity (Wildman–Crippen MR) is 67.2 cm³/mol. The van der Waals surface area contributed by atoms with Crippen LogP contribution in [0.1, 0.15) is 44.9 Å². The lowest BCUT2D eigenvalue weighted by Crippen LogP contribution is -2.57. The Morgan fingerprint density at radius 1 is 1.10 bits per heavy atom. The second-order valence-electron chi connectivity index (χ2n) is 5.07. The summed E-state index contributed by atoms with van der Waals surface area (Å²) in [4.78, 5) is 0. The fourth-order valence-corrected chi connectivity index (χ4v) is 3.92. The van der Waals surface area contributed by atoms with Crippen LogP contribution in [0.15, 0.2) is 0 Å². The van der Waals surface area contributed by atoms with E-state index in [-0.39, 0.29) is 18.0 Å². The Bertz CT molecular complexity index is 398. The SMILES string of the molecule is O.O=S(=O)(OC1CCCC1)OC1(NO)CCCC1NO. The van der Waals surface area contributed by atoms with E-state index >= 15 is 0 Å². The Hall–Kier alpha value is -0.330. The minimum atomic E-state index is -4.24. The van der Waals surface area contributed by atoms with Gasteiger partial charge in [0.15, 0.2) is 5.72 Å². The van der Waals surface area contributed by atoms with Gasteiger partial charge in [0.05, 0.1) is 12.1 Å². The highest BCUT2D eigenvalue weighted by Crippen LogP contribution is 2.33. The summed E-state index contributed by atoms with van der Waals surface area (Å²) in [5.74, 6) is 0. The molecule has 2 aliphatic carbocycles. The maximum atomic E-state index is 11.9. The maximum Gasteiger partial charge on any atom is 0.402 e. The van der Waals surface area contributed by atoms with Crippen molar-refractivity contribution in [3.05, 3.63) is 0 Å². The molecular weight excluding hydrogens is 292 g/mol. The first-order valence-corrected chi connectivity index (χ1v) is 7.79. The first kappa shape index (κ1) is 17.7. The monoisotopic (exact) mass is 314 g/mol. The third kappa shape index (κ3) is 3.86. The molecule has 2 atom stereocenters. The zero-order chi connectivity index (χ0) is 13.9. The normalized spacial score (nSPS) is 31.4. The van der Waals surface area contributed by atoms with Gasteiger partial charge in [0.25, 0.3) is 0 Å². The fourth-order valence-electron chi connectivity index (χ4n) is 2.75. The van der Waals surface area contributed by atoms with Crippen LogP contribution >= 0.6 is 0 Å². The smallest absolute Gasteiger partial charge is 0.402 e. The van der Waals surface area contributed by atoms with Gasteiger partial charge in [-0.15, -0.1) is 0 Å². The average Bonchev–Trinajstić information content (AvgIpc) is 2.97. The quantitative estimate of drug-likeness (QED) is 0.382. The molecule has 10 heteroatoms. The lowest BCUT2D eigenvalue weighted by molar-refractivity contribution is -0.109. The first-order chi connectivity index (χ1) is 9.01. The molecule has 0 bridgehead atoms. The van der Waals surface area contributed by atoms with Gasteiger partial charge in [-0.25, -0.2) is 8.37 Å². The molecule has 20 heavy (non-hydrogen) atoms. The summed E-state index contributed by atoms with van der Waals surface area (Å²) in [6.07, 6.45) is 4.20. The highest BCUT2D eigenvalue weighted by Gasteiger charge is 2.48. The minimum absolute atomic E-state index is 0. The number of hydrogen-bond acceptors (Lipinski definition) is 8. The van der Waals surface area contributed by atoms with E-state index in [9.17, 15) is 13.6 Å². The molecule has 6 N–H and O–H groups in total. The zero-order valence-electron chi connectivity index (χ0n) is 11.0. The Morgan fingerprint density at radius 3 is 2.30 bits per heavy atom. The van der Waals surface area contributed by atoms with Gasteiger partial charge in [-0.1, -0.05) is 12.8 Å². The Morgan fingerprint density at radius 2 is 1.75 bits per heavy atom. The number of hydrogen-bond donors (Lipinski definition) is 4. The highest BCUT2D eigenvalue weighted by molar-refractivity contribution is 7.81. The third-order valence-corrected chi connectivity index (χ3v) is 4.77. The van der Waals surface area contributed by atoms with Crippen LogP contribution in [-0.2, 0) is 18.8 Å². The van der Waals surface area contributed by atoms with Gasteiger partial charge in [0.1, 0.15) is 0 Å². The molecule has 2 aliphatic rings. The molecule has 0 radical (unpaired) electrons. The average molecular weight is 314 g/mol. The third-order valence-electron chi connectivity index (χ3n) is 3.76. The zero-order valence-corrected chi connectivity index (χ0v) is 11.9. The number of rotatable bonds is 6. The van der Waals surface area contributed by atoms with Crippen LogP contribution in [0.4, 0.5) is 0 Å². The van der Waals surface area contributed by atoms with E-state index in [0.29, 0.717) is 25.7 Å². The van der Waals surface area contributed by atoms with Crippen LogP contribution in [0, 0.1) is 0 Å². The van der Waals surface area contributed by atoms with E-state index in [2.05, 4.69) is 0 Å². The molecule has 120 valence electrons. The topological polar surface area (TPSA) is 149 Å². The van der Waals surface area contributed by atoms with E-state index in [1.807, 2.05) is 11.0 Å². The molecule has 0 saturated heterocycles. The van der Waals surface area contributed by atoms with Crippen LogP contribution in [0.25, 0.3) is 0 Å². The van der Waals surface area contributed by atoms with Crippen molar-refractivity contribution in [2.75, 3.05) is 0 Å². The van der Waals surface area contributed by atoms with Crippen LogP contribution < -0.4 is 11.0 Å². The Kier molecular flexibility index (Phi) is 6.28. The van der Waals surface area contributed by atoms with Crippen molar-refractivity contribution in [3.63, 3.8) is 0 Å². The van der Waals surface area contributed by atoms with Crippen molar-refractivity contribution in [2.24, 2.45) is 0 Å². The summed E-state index contributed by atoms with van der Waals surface area (Å²) in [5.41, 5.74) is 2.23. The van der Waals surface area contributed by atoms with Gasteiger partial charge >= 0.3 is 10.4 Å². The summed E-state index contributed by atoms with van der Waals surface area (Å²) in [6.45, 7) is 0. The predicted octanol–water partition coefficient (Wildman–Crippen LogP) is -0.411. The van der Waals surface area contributed by atoms with Crippen LogP contribution in [0.5, 0.6) is 0 Å². The van der Waals surface area contributed by atoms with E-state index in [4.69, 9.17) is 13.6 Å². The molecule has 0 amide bonds. The molecule has 2 fully saturated rings. The van der Waals surface area contributed by atoms with Crippen molar-refractivity contribution in [3.8, 4) is 0 Å². The van der Waals surface area contributed by atoms with E-state index in [1.54, 1.807) is 0 Å². The summed E-state index contributed by atoms with van der Waals surface area (Å²) in [7, 11) is -4.24. The molecule has 2 saturated carbocycles. The van der Waals surface area contributed by atoms with Crippen molar-refractivity contribution in [2.45, 2.75) is 62.8 Å². The standard InChI is InChI=1S/C10H20N2O6S.H2O/c13-11-9-6-3-7-10(9,12-14)18-19(15,16)17-8-4-1-2-5-8;/h8-9,11-14H,1-7H2;1H2. The van der Waals surface area contributed by atoms with Crippen molar-refractivity contribution < 1.29 is 32.7 Å². The summed E-state index contributed by atoms with van der Waals surface area (Å²) < 4.78 is 33.7. The summed E-state index contributed by atoms with van der Waals surface area (Å²) >= 11 is 0. The molecule has 9 nitrogen and oxygen atoms in total. The van der Waals surface area contributed by atoms with Crippen molar-refractivity contribution >= 4 is 10.4 Å². The molecule has 2 unspecified atom stereocenters.